The van der Waals surface area contributed by atoms with Crippen LogP contribution in [0.3, 0.4) is 0 Å². The molecule has 2 aromatic heterocycles. The lowest BCUT2D eigenvalue weighted by atomic mass is 10.0. The molecule has 3 heterocycles. The second-order valence-corrected chi connectivity index (χ2v) is 6.86. The Morgan fingerprint density at radius 1 is 1.46 bits per heavy atom. The summed E-state index contributed by atoms with van der Waals surface area (Å²) in [7, 11) is 3.76. The molecule has 0 aromatic carbocycles. The van der Waals surface area contributed by atoms with Gasteiger partial charge >= 0.3 is 6.03 Å². The van der Waals surface area contributed by atoms with E-state index >= 15 is 0 Å². The number of thiophene rings is 1. The number of hydrogen-bond acceptors (Lipinski definition) is 6. The smallest absolute Gasteiger partial charge is 0.321 e. The lowest BCUT2D eigenvalue weighted by Gasteiger charge is -2.29. The van der Waals surface area contributed by atoms with Crippen LogP contribution in [0.25, 0.3) is 0 Å². The normalized spacial score (nSPS) is 17.7. The van der Waals surface area contributed by atoms with Gasteiger partial charge in [-0.15, -0.1) is 11.3 Å². The van der Waals surface area contributed by atoms with Gasteiger partial charge in [0.2, 0.25) is 5.95 Å². The van der Waals surface area contributed by atoms with Gasteiger partial charge in [0, 0.05) is 31.6 Å². The number of nitrogens with one attached hydrogen (secondary N) is 2. The summed E-state index contributed by atoms with van der Waals surface area (Å²) in [6.45, 7) is 2.62. The SMILES string of the molecule is C[C@H](NC(=O)Nc1nccc(N(C)C)n1)[C@@H]1OCCc2sccc21. The minimum absolute atomic E-state index is 0.125. The maximum Gasteiger partial charge on any atom is 0.321 e. The zero-order valence-electron chi connectivity index (χ0n) is 13.9. The number of carbonyl (C=O) groups is 1. The first-order valence-corrected chi connectivity index (χ1v) is 8.68. The van der Waals surface area contributed by atoms with E-state index in [4.69, 9.17) is 4.74 Å². The molecule has 0 aliphatic carbocycles. The van der Waals surface area contributed by atoms with E-state index in [1.165, 1.54) is 10.4 Å². The Labute approximate surface area is 145 Å². The average molecular weight is 347 g/mol. The number of amides is 2. The third-order valence-electron chi connectivity index (χ3n) is 3.85. The number of anilines is 2. The van der Waals surface area contributed by atoms with Gasteiger partial charge in [-0.3, -0.25) is 5.32 Å². The largest absolute Gasteiger partial charge is 0.371 e. The van der Waals surface area contributed by atoms with Crippen molar-refractivity contribution >= 4 is 29.1 Å². The van der Waals surface area contributed by atoms with Crippen LogP contribution in [0.4, 0.5) is 16.6 Å². The van der Waals surface area contributed by atoms with Gasteiger partial charge in [0.15, 0.2) is 0 Å². The van der Waals surface area contributed by atoms with Crippen LogP contribution in [-0.2, 0) is 11.2 Å². The van der Waals surface area contributed by atoms with E-state index in [2.05, 4.69) is 32.0 Å². The van der Waals surface area contributed by atoms with Crippen molar-refractivity contribution in [2.45, 2.75) is 25.5 Å². The molecule has 0 spiro atoms. The van der Waals surface area contributed by atoms with Crippen molar-refractivity contribution < 1.29 is 9.53 Å². The van der Waals surface area contributed by atoms with Crippen molar-refractivity contribution in [3.8, 4) is 0 Å². The van der Waals surface area contributed by atoms with Crippen LogP contribution in [0, 0.1) is 0 Å². The Morgan fingerprint density at radius 2 is 2.29 bits per heavy atom. The molecule has 0 unspecified atom stereocenters. The van der Waals surface area contributed by atoms with E-state index in [9.17, 15) is 4.79 Å². The number of ether oxygens (including phenoxy) is 1. The van der Waals surface area contributed by atoms with Crippen molar-refractivity contribution in [1.82, 2.24) is 15.3 Å². The Hall–Kier alpha value is -2.19. The highest BCUT2D eigenvalue weighted by molar-refractivity contribution is 7.10. The third-order valence-corrected chi connectivity index (χ3v) is 4.85. The van der Waals surface area contributed by atoms with E-state index in [-0.39, 0.29) is 24.1 Å². The molecular weight excluding hydrogens is 326 g/mol. The molecule has 24 heavy (non-hydrogen) atoms. The highest BCUT2D eigenvalue weighted by Crippen LogP contribution is 2.33. The fraction of sp³-hybridized carbons (Fsp3) is 0.438. The Bertz CT molecular complexity index is 718. The van der Waals surface area contributed by atoms with Crippen molar-refractivity contribution in [3.63, 3.8) is 0 Å². The van der Waals surface area contributed by atoms with Crippen molar-refractivity contribution in [3.05, 3.63) is 34.2 Å². The maximum absolute atomic E-state index is 12.2. The fourth-order valence-electron chi connectivity index (χ4n) is 2.67. The number of aromatic nitrogens is 2. The van der Waals surface area contributed by atoms with E-state index in [0.29, 0.717) is 6.61 Å². The predicted molar refractivity (Wildman–Crippen MR) is 94.7 cm³/mol. The van der Waals surface area contributed by atoms with Crippen LogP contribution < -0.4 is 15.5 Å². The average Bonchev–Trinajstić information content (AvgIpc) is 3.03. The predicted octanol–water partition coefficient (Wildman–Crippen LogP) is 2.43. The Balaban J connectivity index is 1.62. The first-order chi connectivity index (χ1) is 11.5. The number of urea groups is 1. The monoisotopic (exact) mass is 347 g/mol. The maximum atomic E-state index is 12.2. The first-order valence-electron chi connectivity index (χ1n) is 7.80. The van der Waals surface area contributed by atoms with Gasteiger partial charge in [-0.2, -0.15) is 4.98 Å². The summed E-state index contributed by atoms with van der Waals surface area (Å²) in [6, 6.07) is 3.35. The highest BCUT2D eigenvalue weighted by Gasteiger charge is 2.28. The molecule has 8 heteroatoms. The van der Waals surface area contributed by atoms with Crippen LogP contribution in [0.1, 0.15) is 23.5 Å². The standard InChI is InChI=1S/C16H21N5O2S/c1-10(14-11-6-9-24-12(11)5-8-23-14)18-16(22)20-15-17-7-4-13(19-15)21(2)3/h4,6-7,9-10,14H,5,8H2,1-3H3,(H2,17,18,19,20,22)/t10-,14-/m0/s1. The second kappa shape index (κ2) is 7.14. The summed E-state index contributed by atoms with van der Waals surface area (Å²) in [5, 5.41) is 7.66. The molecule has 2 amide bonds. The minimum atomic E-state index is -0.343. The van der Waals surface area contributed by atoms with Crippen LogP contribution in [0.5, 0.6) is 0 Å². The van der Waals surface area contributed by atoms with Crippen molar-refractivity contribution in [1.29, 1.82) is 0 Å². The van der Waals surface area contributed by atoms with Crippen LogP contribution >= 0.6 is 11.3 Å². The van der Waals surface area contributed by atoms with Gasteiger partial charge in [-0.25, -0.2) is 9.78 Å². The molecule has 0 fully saturated rings. The molecule has 1 aliphatic rings. The summed E-state index contributed by atoms with van der Waals surface area (Å²) in [6.07, 6.45) is 2.43. The molecule has 0 saturated carbocycles. The molecule has 2 aromatic rings. The molecule has 0 bridgehead atoms. The van der Waals surface area contributed by atoms with E-state index < -0.39 is 0 Å². The minimum Gasteiger partial charge on any atom is -0.371 e. The number of hydrogen-bond donors (Lipinski definition) is 2. The quantitative estimate of drug-likeness (QED) is 0.888. The summed E-state index contributed by atoms with van der Waals surface area (Å²) in [5.41, 5.74) is 1.17. The van der Waals surface area contributed by atoms with Gasteiger partial charge in [-0.05, 0) is 30.0 Å². The van der Waals surface area contributed by atoms with E-state index in [1.54, 1.807) is 23.6 Å². The van der Waals surface area contributed by atoms with Gasteiger partial charge < -0.3 is 15.0 Å². The topological polar surface area (TPSA) is 79.4 Å². The molecule has 0 saturated heterocycles. The van der Waals surface area contributed by atoms with Gasteiger partial charge in [0.25, 0.3) is 0 Å². The lowest BCUT2D eigenvalue weighted by molar-refractivity contribution is 0.0238. The number of carbonyl (C=O) groups excluding carboxylic acids is 1. The van der Waals surface area contributed by atoms with Crippen LogP contribution in [0.2, 0.25) is 0 Å². The molecule has 2 atom stereocenters. The third kappa shape index (κ3) is 3.65. The fourth-order valence-corrected chi connectivity index (χ4v) is 3.57. The second-order valence-electron chi connectivity index (χ2n) is 5.86. The van der Waals surface area contributed by atoms with Crippen molar-refractivity contribution in [2.24, 2.45) is 0 Å². The molecule has 0 radical (unpaired) electrons. The molecule has 128 valence electrons. The first kappa shape index (κ1) is 16.7. The lowest BCUT2D eigenvalue weighted by Crippen LogP contribution is -2.41. The summed E-state index contributed by atoms with van der Waals surface area (Å²) >= 11 is 1.74. The van der Waals surface area contributed by atoms with Crippen LogP contribution in [-0.4, -0.2) is 42.7 Å². The highest BCUT2D eigenvalue weighted by atomic mass is 32.1. The van der Waals surface area contributed by atoms with Crippen molar-refractivity contribution in [2.75, 3.05) is 30.9 Å². The van der Waals surface area contributed by atoms with Gasteiger partial charge in [-0.1, -0.05) is 0 Å². The molecule has 7 nitrogen and oxygen atoms in total. The van der Waals surface area contributed by atoms with E-state index in [0.717, 1.165) is 12.2 Å². The number of fused-ring (bicyclic) bond motifs is 1. The summed E-state index contributed by atoms with van der Waals surface area (Å²) in [4.78, 5) is 23.8. The zero-order chi connectivity index (χ0) is 17.1. The van der Waals surface area contributed by atoms with Gasteiger partial charge in [0.1, 0.15) is 11.9 Å². The van der Waals surface area contributed by atoms with Crippen LogP contribution in [0.15, 0.2) is 23.7 Å². The van der Waals surface area contributed by atoms with E-state index in [1.807, 2.05) is 25.9 Å². The van der Waals surface area contributed by atoms with Gasteiger partial charge in [0.05, 0.1) is 12.6 Å². The summed E-state index contributed by atoms with van der Waals surface area (Å²) < 4.78 is 5.85. The Kier molecular flexibility index (Phi) is 4.96. The number of nitrogens with zero attached hydrogens (tertiary/aromatic N) is 3. The number of rotatable bonds is 4. The Morgan fingerprint density at radius 3 is 3.08 bits per heavy atom. The summed E-state index contributed by atoms with van der Waals surface area (Å²) in [5.74, 6) is 0.999. The molecular formula is C16H21N5O2S. The molecule has 2 N–H and O–H groups in total. The molecule has 3 rings (SSSR count). The molecule has 1 aliphatic heterocycles. The zero-order valence-corrected chi connectivity index (χ0v) is 14.8.